The lowest BCUT2D eigenvalue weighted by molar-refractivity contribution is -0.116. The molecule has 2 aromatic rings. The molecule has 1 atom stereocenters. The first kappa shape index (κ1) is 14.2. The first-order chi connectivity index (χ1) is 10.8. The molecule has 0 aromatic heterocycles. The van der Waals surface area contributed by atoms with Gasteiger partial charge in [-0.1, -0.05) is 42.5 Å². The molecule has 112 valence electrons. The van der Waals surface area contributed by atoms with Crippen LogP contribution in [0.25, 0.3) is 6.08 Å². The molecule has 22 heavy (non-hydrogen) atoms. The highest BCUT2D eigenvalue weighted by Gasteiger charge is 2.20. The summed E-state index contributed by atoms with van der Waals surface area (Å²) in [6.07, 6.45) is 3.12. The molecule has 0 aliphatic carbocycles. The van der Waals surface area contributed by atoms with Crippen LogP contribution >= 0.6 is 0 Å². The first-order valence-electron chi connectivity index (χ1n) is 7.21. The van der Waals surface area contributed by atoms with Crippen molar-refractivity contribution in [3.8, 4) is 11.5 Å². The third-order valence-corrected chi connectivity index (χ3v) is 3.30. The van der Waals surface area contributed by atoms with Crippen molar-refractivity contribution in [1.29, 1.82) is 0 Å². The fourth-order valence-corrected chi connectivity index (χ4v) is 2.17. The zero-order valence-electron chi connectivity index (χ0n) is 12.1. The molecule has 0 unspecified atom stereocenters. The predicted molar refractivity (Wildman–Crippen MR) is 84.8 cm³/mol. The Hall–Kier alpha value is -2.75. The van der Waals surface area contributed by atoms with Crippen LogP contribution in [0, 0.1) is 0 Å². The minimum Gasteiger partial charge on any atom is -0.486 e. The Morgan fingerprint density at radius 2 is 1.82 bits per heavy atom. The zero-order chi connectivity index (χ0) is 15.2. The molecule has 2 aromatic carbocycles. The van der Waals surface area contributed by atoms with Crippen LogP contribution in [-0.4, -0.2) is 25.2 Å². The zero-order valence-corrected chi connectivity index (χ0v) is 12.1. The van der Waals surface area contributed by atoms with E-state index in [0.29, 0.717) is 18.9 Å². The standard InChI is InChI=1S/C18H17NO3/c20-18(11-10-14-6-2-1-3-7-14)19-12-15-13-21-16-8-4-5-9-17(16)22-15/h1-11,15H,12-13H2,(H,19,20)/b11-10-/t15-/m1/s1. The Morgan fingerprint density at radius 3 is 2.64 bits per heavy atom. The average Bonchev–Trinajstić information content (AvgIpc) is 2.59. The van der Waals surface area contributed by atoms with Gasteiger partial charge in [-0.15, -0.1) is 0 Å². The summed E-state index contributed by atoms with van der Waals surface area (Å²) >= 11 is 0. The predicted octanol–water partition coefficient (Wildman–Crippen LogP) is 2.66. The van der Waals surface area contributed by atoms with E-state index in [0.717, 1.165) is 11.3 Å². The summed E-state index contributed by atoms with van der Waals surface area (Å²) < 4.78 is 11.4. The summed E-state index contributed by atoms with van der Waals surface area (Å²) in [4.78, 5) is 11.8. The van der Waals surface area contributed by atoms with E-state index in [2.05, 4.69) is 5.32 Å². The Labute approximate surface area is 129 Å². The van der Waals surface area contributed by atoms with E-state index in [1.165, 1.54) is 6.08 Å². The third kappa shape index (κ3) is 3.67. The minimum atomic E-state index is -0.177. The second-order valence-electron chi connectivity index (χ2n) is 4.99. The second-order valence-corrected chi connectivity index (χ2v) is 4.99. The molecule has 0 fully saturated rings. The number of para-hydroxylation sites is 2. The number of carbonyl (C=O) groups is 1. The highest BCUT2D eigenvalue weighted by molar-refractivity contribution is 5.91. The summed E-state index contributed by atoms with van der Waals surface area (Å²) in [6, 6.07) is 17.2. The number of amides is 1. The van der Waals surface area contributed by atoms with Crippen LogP contribution in [0.5, 0.6) is 11.5 Å². The molecule has 3 rings (SSSR count). The average molecular weight is 295 g/mol. The molecule has 4 heteroatoms. The van der Waals surface area contributed by atoms with Gasteiger partial charge in [0.2, 0.25) is 5.91 Å². The number of carbonyl (C=O) groups excluding carboxylic acids is 1. The van der Waals surface area contributed by atoms with Gasteiger partial charge in [0.05, 0.1) is 6.54 Å². The number of benzene rings is 2. The van der Waals surface area contributed by atoms with Crippen LogP contribution in [0.15, 0.2) is 60.7 Å². The molecule has 0 saturated carbocycles. The molecular weight excluding hydrogens is 278 g/mol. The van der Waals surface area contributed by atoms with Gasteiger partial charge in [-0.25, -0.2) is 0 Å². The van der Waals surface area contributed by atoms with Gasteiger partial charge in [0.25, 0.3) is 0 Å². The summed E-state index contributed by atoms with van der Waals surface area (Å²) in [5.41, 5.74) is 0.990. The third-order valence-electron chi connectivity index (χ3n) is 3.30. The molecule has 1 amide bonds. The molecule has 4 nitrogen and oxygen atoms in total. The smallest absolute Gasteiger partial charge is 0.244 e. The normalized spacial score (nSPS) is 16.5. The van der Waals surface area contributed by atoms with Crippen molar-refractivity contribution in [1.82, 2.24) is 5.32 Å². The highest BCUT2D eigenvalue weighted by Crippen LogP contribution is 2.30. The van der Waals surface area contributed by atoms with E-state index in [-0.39, 0.29) is 12.0 Å². The van der Waals surface area contributed by atoms with E-state index in [1.807, 2.05) is 54.6 Å². The maximum Gasteiger partial charge on any atom is 0.244 e. The number of nitrogens with one attached hydrogen (secondary N) is 1. The lowest BCUT2D eigenvalue weighted by atomic mass is 10.2. The summed E-state index contributed by atoms with van der Waals surface area (Å²) in [6.45, 7) is 0.839. The number of ether oxygens (including phenoxy) is 2. The van der Waals surface area contributed by atoms with E-state index in [4.69, 9.17) is 9.47 Å². The quantitative estimate of drug-likeness (QED) is 0.882. The van der Waals surface area contributed by atoms with Gasteiger partial charge in [0, 0.05) is 6.08 Å². The van der Waals surface area contributed by atoms with Crippen molar-refractivity contribution >= 4 is 12.0 Å². The van der Waals surface area contributed by atoms with Gasteiger partial charge in [-0.05, 0) is 23.8 Å². The van der Waals surface area contributed by atoms with Crippen molar-refractivity contribution in [2.45, 2.75) is 6.10 Å². The van der Waals surface area contributed by atoms with Crippen molar-refractivity contribution in [2.75, 3.05) is 13.2 Å². The summed E-state index contributed by atoms with van der Waals surface area (Å²) in [5, 5.41) is 2.82. The lowest BCUT2D eigenvalue weighted by Gasteiger charge is -2.26. The van der Waals surface area contributed by atoms with Gasteiger partial charge in [0.15, 0.2) is 11.5 Å². The number of rotatable bonds is 4. The molecule has 0 bridgehead atoms. The highest BCUT2D eigenvalue weighted by atomic mass is 16.6. The fourth-order valence-electron chi connectivity index (χ4n) is 2.17. The summed E-state index contributed by atoms with van der Waals surface area (Å²) in [7, 11) is 0. The Kier molecular flexibility index (Phi) is 4.39. The number of hydrogen-bond acceptors (Lipinski definition) is 3. The number of fused-ring (bicyclic) bond motifs is 1. The molecule has 0 saturated heterocycles. The first-order valence-corrected chi connectivity index (χ1v) is 7.21. The van der Waals surface area contributed by atoms with Crippen LogP contribution in [0.3, 0.4) is 0 Å². The minimum absolute atomic E-state index is 0.147. The lowest BCUT2D eigenvalue weighted by Crippen LogP contribution is -2.40. The SMILES string of the molecule is O=C(/C=C\c1ccccc1)NC[C@@H]1COc2ccccc2O1. The van der Waals surface area contributed by atoms with Crippen molar-refractivity contribution in [3.63, 3.8) is 0 Å². The van der Waals surface area contributed by atoms with E-state index >= 15 is 0 Å². The fraction of sp³-hybridized carbons (Fsp3) is 0.167. The largest absolute Gasteiger partial charge is 0.486 e. The molecular formula is C18H17NO3. The monoisotopic (exact) mass is 295 g/mol. The van der Waals surface area contributed by atoms with Crippen LogP contribution in [-0.2, 0) is 4.79 Å². The maximum absolute atomic E-state index is 11.8. The van der Waals surface area contributed by atoms with Gasteiger partial charge in [-0.3, -0.25) is 4.79 Å². The van der Waals surface area contributed by atoms with E-state index in [9.17, 15) is 4.79 Å². The van der Waals surface area contributed by atoms with Crippen LogP contribution in [0.2, 0.25) is 0 Å². The Morgan fingerprint density at radius 1 is 1.09 bits per heavy atom. The Balaban J connectivity index is 1.49. The van der Waals surface area contributed by atoms with Gasteiger partial charge in [0.1, 0.15) is 12.7 Å². The van der Waals surface area contributed by atoms with Crippen molar-refractivity contribution < 1.29 is 14.3 Å². The number of hydrogen-bond donors (Lipinski definition) is 1. The van der Waals surface area contributed by atoms with Crippen LogP contribution < -0.4 is 14.8 Å². The van der Waals surface area contributed by atoms with Gasteiger partial charge < -0.3 is 14.8 Å². The van der Waals surface area contributed by atoms with Gasteiger partial charge >= 0.3 is 0 Å². The molecule has 1 aliphatic heterocycles. The molecule has 0 spiro atoms. The molecule has 0 radical (unpaired) electrons. The topological polar surface area (TPSA) is 47.6 Å². The molecule has 1 N–H and O–H groups in total. The van der Waals surface area contributed by atoms with Gasteiger partial charge in [-0.2, -0.15) is 0 Å². The maximum atomic E-state index is 11.8. The van der Waals surface area contributed by atoms with Crippen LogP contribution in [0.1, 0.15) is 5.56 Å². The van der Waals surface area contributed by atoms with Crippen LogP contribution in [0.4, 0.5) is 0 Å². The van der Waals surface area contributed by atoms with Crippen molar-refractivity contribution in [2.24, 2.45) is 0 Å². The van der Waals surface area contributed by atoms with Crippen molar-refractivity contribution in [3.05, 3.63) is 66.2 Å². The second kappa shape index (κ2) is 6.80. The molecule has 1 aliphatic rings. The van der Waals surface area contributed by atoms with E-state index in [1.54, 1.807) is 6.08 Å². The molecule has 1 heterocycles. The summed E-state index contributed by atoms with van der Waals surface area (Å²) in [5.74, 6) is 1.31. The van der Waals surface area contributed by atoms with E-state index < -0.39 is 0 Å². The Bertz CT molecular complexity index is 667.